The second kappa shape index (κ2) is 10.1. The van der Waals surface area contributed by atoms with Crippen molar-refractivity contribution in [3.05, 3.63) is 58.6 Å². The third kappa shape index (κ3) is 5.82. The van der Waals surface area contributed by atoms with Gasteiger partial charge in [0.05, 0.1) is 25.1 Å². The van der Waals surface area contributed by atoms with Gasteiger partial charge in [-0.2, -0.15) is 0 Å². The van der Waals surface area contributed by atoms with Crippen LogP contribution in [0.1, 0.15) is 16.8 Å². The normalized spacial score (nSPS) is 15.4. The Kier molecular flexibility index (Phi) is 7.24. The van der Waals surface area contributed by atoms with Crippen LogP contribution in [0.2, 0.25) is 0 Å². The zero-order valence-electron chi connectivity index (χ0n) is 16.6. The number of para-hydroxylation sites is 1. The van der Waals surface area contributed by atoms with Gasteiger partial charge in [0.1, 0.15) is 5.75 Å². The molecule has 0 saturated carbocycles. The minimum atomic E-state index is -0.786. The van der Waals surface area contributed by atoms with Crippen LogP contribution in [0.25, 0.3) is 0 Å². The number of hydrogen-bond acceptors (Lipinski definition) is 6. The van der Waals surface area contributed by atoms with Crippen molar-refractivity contribution >= 4 is 45.3 Å². The van der Waals surface area contributed by atoms with Crippen LogP contribution in [0.4, 0.5) is 5.69 Å². The first-order valence-electron chi connectivity index (χ1n) is 9.34. The van der Waals surface area contributed by atoms with Crippen molar-refractivity contribution in [1.82, 2.24) is 10.4 Å². The summed E-state index contributed by atoms with van der Waals surface area (Å²) in [6.07, 6.45) is -0.126. The lowest BCUT2D eigenvalue weighted by atomic mass is 10.1. The van der Waals surface area contributed by atoms with Crippen molar-refractivity contribution < 1.29 is 28.7 Å². The molecule has 1 saturated heterocycles. The summed E-state index contributed by atoms with van der Waals surface area (Å²) in [7, 11) is 1.44. The van der Waals surface area contributed by atoms with E-state index in [1.165, 1.54) is 7.11 Å². The number of halogens is 1. The molecule has 0 spiro atoms. The molecular weight excluding hydrogens is 470 g/mol. The minimum absolute atomic E-state index is 0.0487. The summed E-state index contributed by atoms with van der Waals surface area (Å²) in [4.78, 5) is 48.9. The Balaban J connectivity index is 1.49. The minimum Gasteiger partial charge on any atom is -0.496 e. The predicted molar refractivity (Wildman–Crippen MR) is 114 cm³/mol. The Bertz CT molecular complexity index is 995. The molecule has 1 atom stereocenters. The number of rotatable bonds is 7. The summed E-state index contributed by atoms with van der Waals surface area (Å²) < 4.78 is 11.0. The highest BCUT2D eigenvalue weighted by atomic mass is 79.9. The van der Waals surface area contributed by atoms with Crippen molar-refractivity contribution in [2.45, 2.75) is 6.42 Å². The van der Waals surface area contributed by atoms with Gasteiger partial charge in [0, 0.05) is 16.6 Å². The van der Waals surface area contributed by atoms with Crippen LogP contribution in [0.15, 0.2) is 53.0 Å². The first-order valence-corrected chi connectivity index (χ1v) is 10.1. The van der Waals surface area contributed by atoms with E-state index in [2.05, 4.69) is 26.7 Å². The number of esters is 1. The second-order valence-corrected chi connectivity index (χ2v) is 7.63. The van der Waals surface area contributed by atoms with E-state index < -0.39 is 36.2 Å². The Morgan fingerprint density at radius 3 is 2.55 bits per heavy atom. The van der Waals surface area contributed by atoms with Gasteiger partial charge in [-0.1, -0.05) is 28.1 Å². The van der Waals surface area contributed by atoms with Crippen LogP contribution >= 0.6 is 15.9 Å². The number of anilines is 1. The number of nitrogens with zero attached hydrogens (tertiary/aromatic N) is 1. The number of methoxy groups -OCH3 is 1. The Hall–Kier alpha value is -3.40. The highest BCUT2D eigenvalue weighted by Crippen LogP contribution is 2.20. The molecular formula is C21H20BrN3O6. The van der Waals surface area contributed by atoms with E-state index in [4.69, 9.17) is 9.47 Å². The van der Waals surface area contributed by atoms with Gasteiger partial charge in [0.25, 0.3) is 11.8 Å². The van der Waals surface area contributed by atoms with Gasteiger partial charge in [-0.05, 0) is 36.4 Å². The average molecular weight is 490 g/mol. The molecule has 162 valence electrons. The number of hydrogen-bond donors (Lipinski definition) is 2. The average Bonchev–Trinajstić information content (AvgIpc) is 3.13. The van der Waals surface area contributed by atoms with Gasteiger partial charge in [-0.3, -0.25) is 29.6 Å². The second-order valence-electron chi connectivity index (χ2n) is 6.71. The van der Waals surface area contributed by atoms with Crippen molar-refractivity contribution in [2.75, 3.05) is 25.6 Å². The molecule has 3 amide bonds. The molecule has 10 heteroatoms. The monoisotopic (exact) mass is 489 g/mol. The molecule has 1 heterocycles. The SMILES string of the molecule is COc1ccccc1C(=O)NN1C[C@H](C(=O)OCC(=O)Nc2ccc(Br)cc2)CC1=O. The predicted octanol–water partition coefficient (Wildman–Crippen LogP) is 2.13. The van der Waals surface area contributed by atoms with Crippen LogP contribution in [-0.2, 0) is 19.1 Å². The third-order valence-corrected chi connectivity index (χ3v) is 5.05. The van der Waals surface area contributed by atoms with E-state index in [0.29, 0.717) is 11.4 Å². The highest BCUT2D eigenvalue weighted by molar-refractivity contribution is 9.10. The van der Waals surface area contributed by atoms with Crippen LogP contribution in [0, 0.1) is 5.92 Å². The number of carbonyl (C=O) groups excluding carboxylic acids is 4. The van der Waals surface area contributed by atoms with Crippen LogP contribution < -0.4 is 15.5 Å². The first kappa shape index (κ1) is 22.3. The molecule has 2 aromatic rings. The van der Waals surface area contributed by atoms with Gasteiger partial charge < -0.3 is 14.8 Å². The van der Waals surface area contributed by atoms with Gasteiger partial charge in [-0.25, -0.2) is 0 Å². The van der Waals surface area contributed by atoms with Crippen molar-refractivity contribution in [3.8, 4) is 5.75 Å². The van der Waals surface area contributed by atoms with Gasteiger partial charge in [0.15, 0.2) is 6.61 Å². The van der Waals surface area contributed by atoms with Gasteiger partial charge in [-0.15, -0.1) is 0 Å². The smallest absolute Gasteiger partial charge is 0.311 e. The summed E-state index contributed by atoms with van der Waals surface area (Å²) in [5, 5.41) is 3.68. The van der Waals surface area contributed by atoms with Crippen LogP contribution in [0.3, 0.4) is 0 Å². The number of ether oxygens (including phenoxy) is 2. The van der Waals surface area contributed by atoms with E-state index in [1.54, 1.807) is 48.5 Å². The Morgan fingerprint density at radius 1 is 1.13 bits per heavy atom. The fourth-order valence-electron chi connectivity index (χ4n) is 2.97. The zero-order valence-corrected chi connectivity index (χ0v) is 18.2. The lowest BCUT2D eigenvalue weighted by Gasteiger charge is -2.18. The van der Waals surface area contributed by atoms with Gasteiger partial charge >= 0.3 is 5.97 Å². The molecule has 2 aromatic carbocycles. The van der Waals surface area contributed by atoms with E-state index in [0.717, 1.165) is 9.48 Å². The molecule has 0 aliphatic carbocycles. The fourth-order valence-corrected chi connectivity index (χ4v) is 3.24. The number of nitrogens with one attached hydrogen (secondary N) is 2. The highest BCUT2D eigenvalue weighted by Gasteiger charge is 2.37. The molecule has 0 radical (unpaired) electrons. The Morgan fingerprint density at radius 2 is 1.84 bits per heavy atom. The summed E-state index contributed by atoms with van der Waals surface area (Å²) in [6, 6.07) is 13.5. The van der Waals surface area contributed by atoms with Gasteiger partial charge in [0.2, 0.25) is 5.91 Å². The summed E-state index contributed by atoms with van der Waals surface area (Å²) in [6.45, 7) is -0.528. The maximum Gasteiger partial charge on any atom is 0.311 e. The third-order valence-electron chi connectivity index (χ3n) is 4.52. The molecule has 2 N–H and O–H groups in total. The standard InChI is InChI=1S/C21H20BrN3O6/c1-30-17-5-3-2-4-16(17)20(28)24-25-11-13(10-19(25)27)21(29)31-12-18(26)23-15-8-6-14(22)7-9-15/h2-9,13H,10-12H2,1H3,(H,23,26)(H,24,28)/t13-/m1/s1. The summed E-state index contributed by atoms with van der Waals surface area (Å²) >= 11 is 3.30. The fraction of sp³-hybridized carbons (Fsp3) is 0.238. The zero-order chi connectivity index (χ0) is 22.4. The lowest BCUT2D eigenvalue weighted by molar-refractivity contribution is -0.151. The molecule has 1 aliphatic rings. The number of hydrazine groups is 1. The molecule has 0 aromatic heterocycles. The molecule has 0 bridgehead atoms. The largest absolute Gasteiger partial charge is 0.496 e. The van der Waals surface area contributed by atoms with Crippen LogP contribution in [-0.4, -0.2) is 49.0 Å². The maximum absolute atomic E-state index is 12.5. The quantitative estimate of drug-likeness (QED) is 0.575. The molecule has 31 heavy (non-hydrogen) atoms. The lowest BCUT2D eigenvalue weighted by Crippen LogP contribution is -2.43. The van der Waals surface area contributed by atoms with E-state index in [9.17, 15) is 19.2 Å². The van der Waals surface area contributed by atoms with E-state index >= 15 is 0 Å². The van der Waals surface area contributed by atoms with Crippen LogP contribution in [0.5, 0.6) is 5.75 Å². The molecule has 3 rings (SSSR count). The van der Waals surface area contributed by atoms with E-state index in [-0.39, 0.29) is 18.5 Å². The topological polar surface area (TPSA) is 114 Å². The molecule has 1 fully saturated rings. The van der Waals surface area contributed by atoms with Crippen molar-refractivity contribution in [1.29, 1.82) is 0 Å². The Labute approximate surface area is 186 Å². The number of amides is 3. The molecule has 0 unspecified atom stereocenters. The van der Waals surface area contributed by atoms with Crippen molar-refractivity contribution in [2.24, 2.45) is 5.92 Å². The number of carbonyl (C=O) groups is 4. The van der Waals surface area contributed by atoms with Crippen molar-refractivity contribution in [3.63, 3.8) is 0 Å². The molecule has 9 nitrogen and oxygen atoms in total. The summed E-state index contributed by atoms with van der Waals surface area (Å²) in [5.41, 5.74) is 3.30. The first-order chi connectivity index (χ1) is 14.9. The maximum atomic E-state index is 12.5. The summed E-state index contributed by atoms with van der Waals surface area (Å²) in [5.74, 6) is -2.57. The van der Waals surface area contributed by atoms with E-state index in [1.807, 2.05) is 0 Å². The number of benzene rings is 2. The molecule has 1 aliphatic heterocycles.